The van der Waals surface area contributed by atoms with Crippen molar-refractivity contribution in [1.82, 2.24) is 4.90 Å². The van der Waals surface area contributed by atoms with Crippen LogP contribution in [0.4, 0.5) is 0 Å². The molecular formula is C9H20N. The summed E-state index contributed by atoms with van der Waals surface area (Å²) in [5.74, 6) is 0. The lowest BCUT2D eigenvalue weighted by Gasteiger charge is -2.30. The Bertz CT molecular complexity index is 78.8. The van der Waals surface area contributed by atoms with Crippen molar-refractivity contribution in [2.24, 2.45) is 0 Å². The van der Waals surface area contributed by atoms with Crippen molar-refractivity contribution in [3.63, 3.8) is 0 Å². The molecule has 0 N–H and O–H groups in total. The molecule has 1 unspecified atom stereocenters. The molecule has 1 radical (unpaired) electrons. The highest BCUT2D eigenvalue weighted by atomic mass is 15.2. The Morgan fingerprint density at radius 1 is 1.30 bits per heavy atom. The van der Waals surface area contributed by atoms with Crippen LogP contribution < -0.4 is 0 Å². The molecule has 0 aliphatic carbocycles. The zero-order valence-electron chi connectivity index (χ0n) is 7.72. The molecule has 0 amide bonds. The molecule has 0 bridgehead atoms. The van der Waals surface area contributed by atoms with Gasteiger partial charge in [-0.05, 0) is 40.7 Å². The third kappa shape index (κ3) is 2.70. The number of hydrogen-bond donors (Lipinski definition) is 0. The Morgan fingerprint density at radius 3 is 1.90 bits per heavy atom. The number of hydrogen-bond acceptors (Lipinski definition) is 1. The molecule has 0 aromatic heterocycles. The summed E-state index contributed by atoms with van der Waals surface area (Å²) in [5, 5.41) is 0. The quantitative estimate of drug-likeness (QED) is 0.582. The van der Waals surface area contributed by atoms with Gasteiger partial charge in [0.05, 0.1) is 0 Å². The molecule has 0 aliphatic rings. The zero-order valence-corrected chi connectivity index (χ0v) is 7.72. The van der Waals surface area contributed by atoms with Gasteiger partial charge in [-0.2, -0.15) is 0 Å². The van der Waals surface area contributed by atoms with E-state index in [1.54, 1.807) is 0 Å². The first-order valence-electron chi connectivity index (χ1n) is 4.18. The lowest BCUT2D eigenvalue weighted by molar-refractivity contribution is 0.179. The van der Waals surface area contributed by atoms with E-state index >= 15 is 0 Å². The minimum absolute atomic E-state index is 0.632. The van der Waals surface area contributed by atoms with Crippen molar-refractivity contribution in [2.75, 3.05) is 6.54 Å². The van der Waals surface area contributed by atoms with Crippen molar-refractivity contribution in [2.45, 2.75) is 46.2 Å². The third-order valence-electron chi connectivity index (χ3n) is 2.08. The summed E-state index contributed by atoms with van der Waals surface area (Å²) < 4.78 is 0. The lowest BCUT2D eigenvalue weighted by atomic mass is 10.2. The molecule has 0 saturated carbocycles. The maximum absolute atomic E-state index is 3.90. The van der Waals surface area contributed by atoms with Crippen LogP contribution in [0.1, 0.15) is 34.1 Å². The highest BCUT2D eigenvalue weighted by Gasteiger charge is 2.12. The SMILES string of the molecule is [CH2]CN(C(C)C)C(C)CC. The molecule has 10 heavy (non-hydrogen) atoms. The van der Waals surface area contributed by atoms with Crippen molar-refractivity contribution >= 4 is 0 Å². The van der Waals surface area contributed by atoms with Crippen LogP contribution in [0.25, 0.3) is 0 Å². The second-order valence-corrected chi connectivity index (χ2v) is 3.09. The Hall–Kier alpha value is -0.0400. The lowest BCUT2D eigenvalue weighted by Crippen LogP contribution is -2.38. The van der Waals surface area contributed by atoms with Crippen molar-refractivity contribution < 1.29 is 0 Å². The maximum atomic E-state index is 3.90. The molecule has 0 fully saturated rings. The topological polar surface area (TPSA) is 3.24 Å². The summed E-state index contributed by atoms with van der Waals surface area (Å²) in [6.07, 6.45) is 1.22. The highest BCUT2D eigenvalue weighted by Crippen LogP contribution is 2.06. The largest absolute Gasteiger partial charge is 0.298 e. The van der Waals surface area contributed by atoms with Gasteiger partial charge in [-0.15, -0.1) is 0 Å². The highest BCUT2D eigenvalue weighted by molar-refractivity contribution is 4.69. The fraction of sp³-hybridized carbons (Fsp3) is 0.889. The van der Waals surface area contributed by atoms with E-state index in [2.05, 4.69) is 39.5 Å². The molecule has 1 heteroatoms. The first-order valence-corrected chi connectivity index (χ1v) is 4.18. The van der Waals surface area contributed by atoms with Gasteiger partial charge in [0.1, 0.15) is 0 Å². The minimum Gasteiger partial charge on any atom is -0.298 e. The van der Waals surface area contributed by atoms with Crippen molar-refractivity contribution in [3.05, 3.63) is 6.92 Å². The van der Waals surface area contributed by atoms with Gasteiger partial charge in [0.2, 0.25) is 0 Å². The Kier molecular flexibility index (Phi) is 4.71. The van der Waals surface area contributed by atoms with E-state index in [1.807, 2.05) is 0 Å². The van der Waals surface area contributed by atoms with Crippen LogP contribution >= 0.6 is 0 Å². The molecular weight excluding hydrogens is 122 g/mol. The van der Waals surface area contributed by atoms with Crippen molar-refractivity contribution in [3.8, 4) is 0 Å². The van der Waals surface area contributed by atoms with Gasteiger partial charge in [0, 0.05) is 12.1 Å². The summed E-state index contributed by atoms with van der Waals surface area (Å²) >= 11 is 0. The average molecular weight is 142 g/mol. The summed E-state index contributed by atoms with van der Waals surface area (Å²) in [7, 11) is 0. The van der Waals surface area contributed by atoms with Gasteiger partial charge >= 0.3 is 0 Å². The zero-order chi connectivity index (χ0) is 8.15. The fourth-order valence-electron chi connectivity index (χ4n) is 1.22. The molecule has 1 atom stereocenters. The van der Waals surface area contributed by atoms with Gasteiger partial charge in [0.25, 0.3) is 0 Å². The van der Waals surface area contributed by atoms with Gasteiger partial charge in [-0.3, -0.25) is 4.90 Å². The molecule has 0 heterocycles. The van der Waals surface area contributed by atoms with Gasteiger partial charge in [-0.25, -0.2) is 0 Å². The van der Waals surface area contributed by atoms with E-state index in [0.717, 1.165) is 6.54 Å². The molecule has 0 aromatic carbocycles. The summed E-state index contributed by atoms with van der Waals surface area (Å²) in [4.78, 5) is 2.40. The molecule has 0 aliphatic heterocycles. The maximum Gasteiger partial charge on any atom is 0.00670 e. The Morgan fingerprint density at radius 2 is 1.80 bits per heavy atom. The van der Waals surface area contributed by atoms with Crippen LogP contribution in [0, 0.1) is 6.92 Å². The second kappa shape index (κ2) is 4.73. The molecule has 1 nitrogen and oxygen atoms in total. The first-order chi connectivity index (χ1) is 4.63. The van der Waals surface area contributed by atoms with E-state index in [-0.39, 0.29) is 0 Å². The molecule has 61 valence electrons. The average Bonchev–Trinajstić information content (AvgIpc) is 1.88. The molecule has 0 saturated heterocycles. The summed E-state index contributed by atoms with van der Waals surface area (Å²) in [6.45, 7) is 13.7. The van der Waals surface area contributed by atoms with E-state index in [0.29, 0.717) is 12.1 Å². The van der Waals surface area contributed by atoms with E-state index in [9.17, 15) is 0 Å². The van der Waals surface area contributed by atoms with Crippen LogP contribution in [0.3, 0.4) is 0 Å². The van der Waals surface area contributed by atoms with Crippen LogP contribution in [0.15, 0.2) is 0 Å². The normalized spacial score (nSPS) is 14.7. The standard InChI is InChI=1S/C9H20N/c1-6-9(5)10(7-2)8(3)4/h8-9H,2,6-7H2,1,3-5H3. The van der Waals surface area contributed by atoms with E-state index in [1.165, 1.54) is 6.42 Å². The molecule has 0 aromatic rings. The minimum atomic E-state index is 0.632. The monoisotopic (exact) mass is 142 g/mol. The van der Waals surface area contributed by atoms with Gasteiger partial charge < -0.3 is 0 Å². The van der Waals surface area contributed by atoms with Crippen LogP contribution in [0.5, 0.6) is 0 Å². The van der Waals surface area contributed by atoms with Crippen molar-refractivity contribution in [1.29, 1.82) is 0 Å². The van der Waals surface area contributed by atoms with Gasteiger partial charge in [0.15, 0.2) is 0 Å². The van der Waals surface area contributed by atoms with Gasteiger partial charge in [-0.1, -0.05) is 6.92 Å². The molecule has 0 rings (SSSR count). The second-order valence-electron chi connectivity index (χ2n) is 3.09. The predicted octanol–water partition coefficient (Wildman–Crippen LogP) is 2.33. The fourth-order valence-corrected chi connectivity index (χ4v) is 1.22. The van der Waals surface area contributed by atoms with Crippen LogP contribution in [-0.2, 0) is 0 Å². The summed E-state index contributed by atoms with van der Waals surface area (Å²) in [5.41, 5.74) is 0. The predicted molar refractivity (Wildman–Crippen MR) is 47.0 cm³/mol. The van der Waals surface area contributed by atoms with Crippen LogP contribution in [0.2, 0.25) is 0 Å². The Labute approximate surface area is 65.4 Å². The number of rotatable bonds is 4. The Balaban J connectivity index is 3.80. The number of nitrogens with zero attached hydrogens (tertiary/aromatic N) is 1. The summed E-state index contributed by atoms with van der Waals surface area (Å²) in [6, 6.07) is 1.31. The molecule has 0 spiro atoms. The third-order valence-corrected chi connectivity index (χ3v) is 2.08. The van der Waals surface area contributed by atoms with E-state index < -0.39 is 0 Å². The first kappa shape index (κ1) is 9.96. The smallest absolute Gasteiger partial charge is 0.00670 e. The van der Waals surface area contributed by atoms with Crippen LogP contribution in [-0.4, -0.2) is 23.5 Å². The van der Waals surface area contributed by atoms with E-state index in [4.69, 9.17) is 0 Å².